The Kier molecular flexibility index (Phi) is 3.03. The number of nitrogens with zero attached hydrogens (tertiary/aromatic N) is 5. The van der Waals surface area contributed by atoms with Crippen LogP contribution in [0.25, 0.3) is 11.0 Å². The fraction of sp³-hybridized carbons (Fsp3) is 0.375. The van der Waals surface area contributed by atoms with E-state index in [2.05, 4.69) is 21.5 Å². The minimum Gasteiger partial charge on any atom is -0.364 e. The molecule has 0 amide bonds. The van der Waals surface area contributed by atoms with Gasteiger partial charge in [0.25, 0.3) is 0 Å². The quantitative estimate of drug-likeness (QED) is 0.801. The predicted octanol–water partition coefficient (Wildman–Crippen LogP) is 2.56. The van der Waals surface area contributed by atoms with Gasteiger partial charge in [-0.3, -0.25) is 9.67 Å². The number of hydrogen-bond donors (Lipinski definition) is 1. The van der Waals surface area contributed by atoms with Crippen molar-refractivity contribution in [2.45, 2.75) is 32.2 Å². The number of pyridine rings is 1. The lowest BCUT2D eigenvalue weighted by atomic mass is 10.2. The summed E-state index contributed by atoms with van der Waals surface area (Å²) in [5.74, 6) is 2.32. The third-order valence-electron chi connectivity index (χ3n) is 3.99. The molecule has 1 fully saturated rings. The summed E-state index contributed by atoms with van der Waals surface area (Å²) in [6, 6.07) is 3.99. The summed E-state index contributed by atoms with van der Waals surface area (Å²) >= 11 is 0. The Morgan fingerprint density at radius 1 is 1.32 bits per heavy atom. The number of aryl methyl sites for hydroxylation is 2. The van der Waals surface area contributed by atoms with Gasteiger partial charge in [-0.1, -0.05) is 6.07 Å². The summed E-state index contributed by atoms with van der Waals surface area (Å²) < 4.78 is 1.85. The zero-order valence-corrected chi connectivity index (χ0v) is 12.7. The molecule has 0 aromatic carbocycles. The Hall–Kier alpha value is -2.50. The fourth-order valence-corrected chi connectivity index (χ4v) is 2.69. The smallest absolute Gasteiger partial charge is 0.156 e. The van der Waals surface area contributed by atoms with Crippen molar-refractivity contribution in [1.29, 1.82) is 0 Å². The third kappa shape index (κ3) is 2.30. The van der Waals surface area contributed by atoms with Crippen LogP contribution in [0.3, 0.4) is 0 Å². The fourth-order valence-electron chi connectivity index (χ4n) is 2.69. The van der Waals surface area contributed by atoms with E-state index in [1.165, 1.54) is 12.8 Å². The molecule has 0 radical (unpaired) electrons. The Morgan fingerprint density at radius 2 is 2.18 bits per heavy atom. The molecular formula is C16H18N6. The van der Waals surface area contributed by atoms with E-state index in [1.54, 1.807) is 6.20 Å². The molecule has 0 saturated heterocycles. The van der Waals surface area contributed by atoms with Crippen molar-refractivity contribution in [3.05, 3.63) is 41.6 Å². The number of rotatable bonds is 4. The van der Waals surface area contributed by atoms with Crippen LogP contribution in [0.1, 0.15) is 35.8 Å². The van der Waals surface area contributed by atoms with Crippen molar-refractivity contribution in [2.75, 3.05) is 5.32 Å². The van der Waals surface area contributed by atoms with Crippen LogP contribution in [-0.2, 0) is 13.6 Å². The molecule has 1 aliphatic carbocycles. The van der Waals surface area contributed by atoms with Gasteiger partial charge in [0.1, 0.15) is 16.9 Å². The third-order valence-corrected chi connectivity index (χ3v) is 3.99. The van der Waals surface area contributed by atoms with Crippen molar-refractivity contribution < 1.29 is 0 Å². The van der Waals surface area contributed by atoms with Crippen molar-refractivity contribution in [1.82, 2.24) is 24.7 Å². The first-order chi connectivity index (χ1) is 10.7. The topological polar surface area (TPSA) is 68.5 Å². The molecule has 3 heterocycles. The first-order valence-electron chi connectivity index (χ1n) is 7.56. The maximum absolute atomic E-state index is 4.75. The van der Waals surface area contributed by atoms with Crippen molar-refractivity contribution in [3.63, 3.8) is 0 Å². The second-order valence-corrected chi connectivity index (χ2v) is 5.83. The molecule has 22 heavy (non-hydrogen) atoms. The first kappa shape index (κ1) is 13.2. The van der Waals surface area contributed by atoms with Crippen LogP contribution in [-0.4, -0.2) is 24.7 Å². The monoisotopic (exact) mass is 294 g/mol. The van der Waals surface area contributed by atoms with Crippen LogP contribution in [0.2, 0.25) is 0 Å². The van der Waals surface area contributed by atoms with Crippen LogP contribution in [0.4, 0.5) is 5.82 Å². The average molecular weight is 294 g/mol. The first-order valence-corrected chi connectivity index (χ1v) is 7.56. The van der Waals surface area contributed by atoms with E-state index in [0.717, 1.165) is 33.9 Å². The van der Waals surface area contributed by atoms with Gasteiger partial charge >= 0.3 is 0 Å². The highest BCUT2D eigenvalue weighted by Gasteiger charge is 2.28. The lowest BCUT2D eigenvalue weighted by Gasteiger charge is -2.09. The van der Waals surface area contributed by atoms with Crippen LogP contribution in [0, 0.1) is 6.92 Å². The van der Waals surface area contributed by atoms with Crippen molar-refractivity contribution in [3.8, 4) is 0 Å². The zero-order valence-electron chi connectivity index (χ0n) is 12.7. The zero-order chi connectivity index (χ0) is 15.1. The molecule has 0 spiro atoms. The van der Waals surface area contributed by atoms with Gasteiger partial charge in [0.05, 0.1) is 5.69 Å². The highest BCUT2D eigenvalue weighted by Crippen LogP contribution is 2.39. The van der Waals surface area contributed by atoms with Crippen LogP contribution in [0.15, 0.2) is 24.5 Å². The molecule has 1 N–H and O–H groups in total. The highest BCUT2D eigenvalue weighted by atomic mass is 15.3. The van der Waals surface area contributed by atoms with Crippen LogP contribution in [0.5, 0.6) is 0 Å². The second kappa shape index (κ2) is 5.05. The van der Waals surface area contributed by atoms with Gasteiger partial charge in [0.15, 0.2) is 5.82 Å². The van der Waals surface area contributed by atoms with E-state index < -0.39 is 0 Å². The maximum atomic E-state index is 4.75. The summed E-state index contributed by atoms with van der Waals surface area (Å²) in [5, 5.41) is 7.92. The summed E-state index contributed by atoms with van der Waals surface area (Å²) in [6.45, 7) is 2.69. The molecule has 1 saturated carbocycles. The minimum atomic E-state index is 0.517. The minimum absolute atomic E-state index is 0.517. The Bertz CT molecular complexity index is 820. The molecule has 0 unspecified atom stereocenters. The maximum Gasteiger partial charge on any atom is 0.156 e. The molecule has 0 atom stereocenters. The molecule has 3 aromatic rings. The number of aromatic nitrogens is 5. The average Bonchev–Trinajstić information content (AvgIpc) is 3.33. The molecule has 1 aliphatic rings. The van der Waals surface area contributed by atoms with Crippen molar-refractivity contribution in [2.24, 2.45) is 7.05 Å². The van der Waals surface area contributed by atoms with E-state index in [-0.39, 0.29) is 0 Å². The second-order valence-electron chi connectivity index (χ2n) is 5.83. The summed E-state index contributed by atoms with van der Waals surface area (Å²) in [6.07, 6.45) is 6.02. The van der Waals surface area contributed by atoms with Gasteiger partial charge in [-0.15, -0.1) is 0 Å². The summed E-state index contributed by atoms with van der Waals surface area (Å²) in [5.41, 5.74) is 3.99. The Labute approximate surface area is 128 Å². The molecule has 112 valence electrons. The number of anilines is 1. The number of fused-ring (bicyclic) bond motifs is 1. The van der Waals surface area contributed by atoms with Crippen LogP contribution >= 0.6 is 0 Å². The molecule has 0 bridgehead atoms. The van der Waals surface area contributed by atoms with Crippen LogP contribution < -0.4 is 5.32 Å². The van der Waals surface area contributed by atoms with Gasteiger partial charge in [-0.25, -0.2) is 9.97 Å². The van der Waals surface area contributed by atoms with E-state index in [9.17, 15) is 0 Å². The Morgan fingerprint density at radius 3 is 2.91 bits per heavy atom. The molecule has 6 heteroatoms. The van der Waals surface area contributed by atoms with E-state index in [4.69, 9.17) is 9.97 Å². The Balaban J connectivity index is 1.74. The predicted molar refractivity (Wildman–Crippen MR) is 84.6 cm³/mol. The van der Waals surface area contributed by atoms with Gasteiger partial charge in [0.2, 0.25) is 0 Å². The van der Waals surface area contributed by atoms with Gasteiger partial charge in [0, 0.05) is 31.9 Å². The molecule has 3 aromatic heterocycles. The largest absolute Gasteiger partial charge is 0.364 e. The molecule has 0 aliphatic heterocycles. The normalized spacial score (nSPS) is 14.5. The van der Waals surface area contributed by atoms with E-state index in [0.29, 0.717) is 12.5 Å². The van der Waals surface area contributed by atoms with Gasteiger partial charge in [-0.2, -0.15) is 5.10 Å². The molecule has 4 rings (SSSR count). The number of hydrogen-bond acceptors (Lipinski definition) is 5. The summed E-state index contributed by atoms with van der Waals surface area (Å²) in [4.78, 5) is 13.6. The molecular weight excluding hydrogens is 276 g/mol. The lowest BCUT2D eigenvalue weighted by Crippen LogP contribution is -2.07. The number of nitrogens with one attached hydrogen (secondary N) is 1. The highest BCUT2D eigenvalue weighted by molar-refractivity contribution is 5.87. The van der Waals surface area contributed by atoms with E-state index >= 15 is 0 Å². The van der Waals surface area contributed by atoms with Crippen molar-refractivity contribution >= 4 is 16.9 Å². The standard InChI is InChI=1S/C16H18N6/c1-10-13-14(22(2)21-10)16(20-15(19-13)12-5-6-12)18-9-11-4-3-7-17-8-11/h3-4,7-8,12H,5-6,9H2,1-2H3,(H,18,19,20). The molecule has 6 nitrogen and oxygen atoms in total. The SMILES string of the molecule is Cc1nn(C)c2c(NCc3cccnc3)nc(C3CC3)nc12. The van der Waals surface area contributed by atoms with Gasteiger partial charge in [-0.05, 0) is 31.4 Å². The lowest BCUT2D eigenvalue weighted by molar-refractivity contribution is 0.781. The van der Waals surface area contributed by atoms with E-state index in [1.807, 2.05) is 30.9 Å². The van der Waals surface area contributed by atoms with Gasteiger partial charge < -0.3 is 5.32 Å². The summed E-state index contributed by atoms with van der Waals surface area (Å²) in [7, 11) is 1.94.